The van der Waals surface area contributed by atoms with Crippen molar-refractivity contribution in [3.8, 4) is 0 Å². The molecule has 0 saturated carbocycles. The fourth-order valence-electron chi connectivity index (χ4n) is 2.50. The minimum absolute atomic E-state index is 0.222. The number of aliphatic hydroxyl groups is 1. The Kier molecular flexibility index (Phi) is 4.49. The van der Waals surface area contributed by atoms with Crippen molar-refractivity contribution in [3.63, 3.8) is 0 Å². The van der Waals surface area contributed by atoms with Gasteiger partial charge in [-0.15, -0.1) is 0 Å². The molecule has 1 aromatic carbocycles. The molecule has 20 heavy (non-hydrogen) atoms. The normalized spacial score (nSPS) is 18.9. The molecule has 1 heterocycles. The fraction of sp³-hybridized carbons (Fsp3) is 0.571. The van der Waals surface area contributed by atoms with Crippen LogP contribution in [0.4, 0.5) is 0 Å². The lowest BCUT2D eigenvalue weighted by molar-refractivity contribution is 0.0223. The van der Waals surface area contributed by atoms with E-state index in [1.165, 1.54) is 0 Å². The molecule has 0 unspecified atom stereocenters. The van der Waals surface area contributed by atoms with E-state index < -0.39 is 15.6 Å². The summed E-state index contributed by atoms with van der Waals surface area (Å²) in [6.07, 6.45) is 0.960. The van der Waals surface area contributed by atoms with Crippen molar-refractivity contribution >= 4 is 10.0 Å². The molecule has 2 rings (SSSR count). The molecular weight excluding hydrogens is 278 g/mol. The van der Waals surface area contributed by atoms with Crippen LogP contribution in [0.25, 0.3) is 0 Å². The second kappa shape index (κ2) is 5.81. The van der Waals surface area contributed by atoms with Gasteiger partial charge in [0.2, 0.25) is 10.0 Å². The Morgan fingerprint density at radius 1 is 1.30 bits per heavy atom. The minimum Gasteiger partial charge on any atom is -0.394 e. The number of hydrogen-bond donors (Lipinski definition) is 2. The van der Waals surface area contributed by atoms with E-state index in [2.05, 4.69) is 4.72 Å². The van der Waals surface area contributed by atoms with Crippen molar-refractivity contribution in [2.75, 3.05) is 19.8 Å². The fourth-order valence-corrected chi connectivity index (χ4v) is 4.17. The van der Waals surface area contributed by atoms with E-state index in [0.29, 0.717) is 31.6 Å². The molecule has 0 aromatic heterocycles. The lowest BCUT2D eigenvalue weighted by Crippen LogP contribution is -2.54. The van der Waals surface area contributed by atoms with Crippen LogP contribution >= 0.6 is 0 Å². The summed E-state index contributed by atoms with van der Waals surface area (Å²) in [6.45, 7) is 4.38. The number of ether oxygens (including phenoxy) is 1. The molecule has 0 aliphatic carbocycles. The van der Waals surface area contributed by atoms with Crippen molar-refractivity contribution in [3.05, 3.63) is 29.3 Å². The first-order valence-electron chi connectivity index (χ1n) is 6.68. The molecule has 1 aliphatic rings. The molecule has 5 nitrogen and oxygen atoms in total. The number of benzene rings is 1. The smallest absolute Gasteiger partial charge is 0.241 e. The summed E-state index contributed by atoms with van der Waals surface area (Å²) >= 11 is 0. The highest BCUT2D eigenvalue weighted by Gasteiger charge is 2.36. The third-order valence-corrected chi connectivity index (χ3v) is 5.46. The summed E-state index contributed by atoms with van der Waals surface area (Å²) in [6, 6.07) is 5.22. The summed E-state index contributed by atoms with van der Waals surface area (Å²) in [5, 5.41) is 9.58. The van der Waals surface area contributed by atoms with E-state index in [4.69, 9.17) is 4.74 Å². The van der Waals surface area contributed by atoms with Crippen LogP contribution in [0.2, 0.25) is 0 Å². The predicted molar refractivity (Wildman–Crippen MR) is 76.1 cm³/mol. The Balaban J connectivity index is 2.30. The maximum Gasteiger partial charge on any atom is 0.241 e. The molecule has 0 spiro atoms. The van der Waals surface area contributed by atoms with Crippen LogP contribution in [0.3, 0.4) is 0 Å². The quantitative estimate of drug-likeness (QED) is 0.873. The summed E-state index contributed by atoms with van der Waals surface area (Å²) < 4.78 is 33.0. The molecule has 1 aliphatic heterocycles. The molecule has 6 heteroatoms. The average molecular weight is 299 g/mol. The molecule has 0 amide bonds. The van der Waals surface area contributed by atoms with Crippen LogP contribution in [0.15, 0.2) is 23.1 Å². The van der Waals surface area contributed by atoms with Gasteiger partial charge in [-0.05, 0) is 38.3 Å². The first-order valence-corrected chi connectivity index (χ1v) is 8.17. The number of aliphatic hydroxyl groups excluding tert-OH is 1. The van der Waals surface area contributed by atoms with Crippen LogP contribution in [0.1, 0.15) is 24.0 Å². The van der Waals surface area contributed by atoms with Crippen molar-refractivity contribution in [1.29, 1.82) is 0 Å². The molecule has 0 atom stereocenters. The average Bonchev–Trinajstić information content (AvgIpc) is 2.38. The number of hydrogen-bond acceptors (Lipinski definition) is 4. The second-order valence-electron chi connectivity index (χ2n) is 5.43. The molecule has 1 fully saturated rings. The summed E-state index contributed by atoms with van der Waals surface area (Å²) in [7, 11) is -3.64. The number of nitrogens with one attached hydrogen (secondary N) is 1. The Labute approximate surface area is 120 Å². The van der Waals surface area contributed by atoms with Gasteiger partial charge >= 0.3 is 0 Å². The van der Waals surface area contributed by atoms with E-state index in [-0.39, 0.29) is 11.5 Å². The molecule has 0 bridgehead atoms. The standard InChI is InChI=1S/C14H21NO4S/c1-11-3-4-13(12(2)9-11)20(17,18)15-14(10-16)5-7-19-8-6-14/h3-4,9,15-16H,5-8,10H2,1-2H3. The third-order valence-electron chi connectivity index (χ3n) is 3.72. The van der Waals surface area contributed by atoms with Crippen LogP contribution in [0.5, 0.6) is 0 Å². The van der Waals surface area contributed by atoms with Crippen molar-refractivity contribution in [2.24, 2.45) is 0 Å². The van der Waals surface area contributed by atoms with E-state index in [0.717, 1.165) is 5.56 Å². The van der Waals surface area contributed by atoms with Crippen molar-refractivity contribution in [2.45, 2.75) is 37.1 Å². The van der Waals surface area contributed by atoms with Crippen LogP contribution < -0.4 is 4.72 Å². The summed E-state index contributed by atoms with van der Waals surface area (Å²) in [5.41, 5.74) is 0.913. The van der Waals surface area contributed by atoms with Gasteiger partial charge in [0.05, 0.1) is 17.0 Å². The lowest BCUT2D eigenvalue weighted by atomic mass is 9.93. The first kappa shape index (κ1) is 15.4. The first-order chi connectivity index (χ1) is 9.38. The van der Waals surface area contributed by atoms with E-state index >= 15 is 0 Å². The van der Waals surface area contributed by atoms with Crippen LogP contribution in [-0.4, -0.2) is 38.9 Å². The minimum atomic E-state index is -3.64. The van der Waals surface area contributed by atoms with E-state index in [1.807, 2.05) is 13.0 Å². The van der Waals surface area contributed by atoms with Gasteiger partial charge in [-0.3, -0.25) is 0 Å². The number of sulfonamides is 1. The van der Waals surface area contributed by atoms with Crippen LogP contribution in [0, 0.1) is 13.8 Å². The molecular formula is C14H21NO4S. The largest absolute Gasteiger partial charge is 0.394 e. The van der Waals surface area contributed by atoms with Gasteiger partial charge < -0.3 is 9.84 Å². The SMILES string of the molecule is Cc1ccc(S(=O)(=O)NC2(CO)CCOCC2)c(C)c1. The zero-order valence-electron chi connectivity index (χ0n) is 11.8. The van der Waals surface area contributed by atoms with Gasteiger partial charge in [0.15, 0.2) is 0 Å². The molecule has 0 radical (unpaired) electrons. The molecule has 2 N–H and O–H groups in total. The Morgan fingerprint density at radius 2 is 1.95 bits per heavy atom. The van der Waals surface area contributed by atoms with Gasteiger partial charge in [-0.1, -0.05) is 17.7 Å². The predicted octanol–water partition coefficient (Wildman–Crippen LogP) is 1.12. The maximum absolute atomic E-state index is 12.5. The highest BCUT2D eigenvalue weighted by molar-refractivity contribution is 7.89. The van der Waals surface area contributed by atoms with Gasteiger partial charge in [-0.25, -0.2) is 13.1 Å². The highest BCUT2D eigenvalue weighted by atomic mass is 32.2. The lowest BCUT2D eigenvalue weighted by Gasteiger charge is -2.36. The number of aryl methyl sites for hydroxylation is 2. The monoisotopic (exact) mass is 299 g/mol. The van der Waals surface area contributed by atoms with Crippen molar-refractivity contribution in [1.82, 2.24) is 4.72 Å². The van der Waals surface area contributed by atoms with E-state index in [1.54, 1.807) is 19.1 Å². The summed E-state index contributed by atoms with van der Waals surface area (Å²) in [5.74, 6) is 0. The summed E-state index contributed by atoms with van der Waals surface area (Å²) in [4.78, 5) is 0.266. The highest BCUT2D eigenvalue weighted by Crippen LogP contribution is 2.24. The zero-order chi connectivity index (χ0) is 14.8. The van der Waals surface area contributed by atoms with Crippen molar-refractivity contribution < 1.29 is 18.3 Å². The number of rotatable bonds is 4. The maximum atomic E-state index is 12.5. The van der Waals surface area contributed by atoms with E-state index in [9.17, 15) is 13.5 Å². The zero-order valence-corrected chi connectivity index (χ0v) is 12.7. The Bertz CT molecular complexity index is 577. The third kappa shape index (κ3) is 3.20. The Morgan fingerprint density at radius 3 is 2.50 bits per heavy atom. The van der Waals surface area contributed by atoms with Gasteiger partial charge in [0.25, 0.3) is 0 Å². The molecule has 1 saturated heterocycles. The van der Waals surface area contributed by atoms with Gasteiger partial charge in [-0.2, -0.15) is 0 Å². The second-order valence-corrected chi connectivity index (χ2v) is 7.08. The Hall–Kier alpha value is -0.950. The molecule has 1 aromatic rings. The van der Waals surface area contributed by atoms with Crippen LogP contribution in [-0.2, 0) is 14.8 Å². The van der Waals surface area contributed by atoms with Gasteiger partial charge in [0, 0.05) is 13.2 Å². The molecule has 112 valence electrons. The van der Waals surface area contributed by atoms with Gasteiger partial charge in [0.1, 0.15) is 0 Å². The topological polar surface area (TPSA) is 75.6 Å².